The first-order valence-corrected chi connectivity index (χ1v) is 4.41. The highest BCUT2D eigenvalue weighted by atomic mass is 35.5. The van der Waals surface area contributed by atoms with E-state index in [4.69, 9.17) is 11.6 Å². The van der Waals surface area contributed by atoms with Gasteiger partial charge in [-0.3, -0.25) is 0 Å². The Morgan fingerprint density at radius 3 is 2.50 bits per heavy atom. The largest absolute Gasteiger partial charge is 0.118 e. The summed E-state index contributed by atoms with van der Waals surface area (Å²) in [6.07, 6.45) is 4.87. The highest BCUT2D eigenvalue weighted by molar-refractivity contribution is 6.22. The Morgan fingerprint density at radius 2 is 2.10 bits per heavy atom. The third kappa shape index (κ3) is 4.87. The van der Waals surface area contributed by atoms with Crippen LogP contribution in [0.4, 0.5) is 0 Å². The van der Waals surface area contributed by atoms with Gasteiger partial charge in [-0.15, -0.1) is 11.6 Å². The molecule has 0 heterocycles. The summed E-state index contributed by atoms with van der Waals surface area (Å²) in [5.41, 5.74) is 1.10. The summed E-state index contributed by atoms with van der Waals surface area (Å²) in [5, 5.41) is 0.201. The molecule has 0 aliphatic rings. The Bertz CT molecular complexity index is 96.9. The Kier molecular flexibility index (Phi) is 5.81. The Morgan fingerprint density at radius 1 is 1.50 bits per heavy atom. The van der Waals surface area contributed by atoms with Crippen molar-refractivity contribution in [3.8, 4) is 0 Å². The fourth-order valence-electron chi connectivity index (χ4n) is 0.820. The van der Waals surface area contributed by atoms with E-state index in [9.17, 15) is 0 Å². The Balaban J connectivity index is 3.21. The highest BCUT2D eigenvalue weighted by Gasteiger charge is 2.02. The minimum Gasteiger partial charge on any atom is -0.118 e. The molecule has 1 heteroatoms. The molecule has 1 atom stereocenters. The molecule has 10 heavy (non-hydrogen) atoms. The van der Waals surface area contributed by atoms with E-state index in [0.29, 0.717) is 0 Å². The fraction of sp³-hybridized carbons (Fsp3) is 0.778. The van der Waals surface area contributed by atoms with E-state index in [1.807, 2.05) is 6.92 Å². The maximum absolute atomic E-state index is 5.95. The summed E-state index contributed by atoms with van der Waals surface area (Å²) in [6.45, 7) is 7.99. The molecule has 0 saturated heterocycles. The first-order valence-electron chi connectivity index (χ1n) is 3.98. The second-order valence-electron chi connectivity index (χ2n) is 2.81. The van der Waals surface area contributed by atoms with Crippen molar-refractivity contribution in [1.29, 1.82) is 0 Å². The summed E-state index contributed by atoms with van der Waals surface area (Å²) in [6, 6.07) is 0. The van der Waals surface area contributed by atoms with Crippen molar-refractivity contribution in [1.82, 2.24) is 0 Å². The van der Waals surface area contributed by atoms with E-state index in [1.54, 1.807) is 0 Å². The topological polar surface area (TPSA) is 0 Å². The molecule has 0 aromatic heterocycles. The molecule has 0 aliphatic heterocycles. The van der Waals surface area contributed by atoms with Gasteiger partial charge in [0.05, 0.1) is 5.38 Å². The highest BCUT2D eigenvalue weighted by Crippen LogP contribution is 2.14. The first-order chi connectivity index (χ1) is 4.68. The van der Waals surface area contributed by atoms with E-state index in [0.717, 1.165) is 12.0 Å². The monoisotopic (exact) mass is 160 g/mol. The Labute approximate surface area is 69.3 Å². The van der Waals surface area contributed by atoms with Crippen LogP contribution >= 0.6 is 11.6 Å². The van der Waals surface area contributed by atoms with Gasteiger partial charge in [0, 0.05) is 0 Å². The average Bonchev–Trinajstić information content (AvgIpc) is 1.88. The zero-order valence-electron chi connectivity index (χ0n) is 6.99. The number of hydrogen-bond acceptors (Lipinski definition) is 0. The molecule has 0 aromatic rings. The minimum absolute atomic E-state index is 0.201. The molecule has 1 unspecified atom stereocenters. The summed E-state index contributed by atoms with van der Waals surface area (Å²) < 4.78 is 0. The molecule has 0 amide bonds. The van der Waals surface area contributed by atoms with Crippen molar-refractivity contribution in [3.63, 3.8) is 0 Å². The van der Waals surface area contributed by atoms with Gasteiger partial charge in [-0.05, 0) is 13.3 Å². The molecular formula is C9H17Cl. The van der Waals surface area contributed by atoms with Crippen molar-refractivity contribution in [3.05, 3.63) is 12.2 Å². The number of alkyl halides is 1. The molecular weight excluding hydrogens is 144 g/mol. The number of allylic oxidation sites excluding steroid dienone is 1. The maximum atomic E-state index is 5.95. The molecule has 0 spiro atoms. The smallest absolute Gasteiger partial charge is 0.0540 e. The number of unbranched alkanes of at least 4 members (excludes halogenated alkanes) is 2. The van der Waals surface area contributed by atoms with Crippen LogP contribution in [0.1, 0.15) is 39.5 Å². The summed E-state index contributed by atoms with van der Waals surface area (Å²) >= 11 is 5.95. The lowest BCUT2D eigenvalue weighted by Crippen LogP contribution is -1.98. The van der Waals surface area contributed by atoms with Crippen LogP contribution in [0, 0.1) is 0 Å². The lowest BCUT2D eigenvalue weighted by atomic mass is 10.1. The predicted octanol–water partition coefficient (Wildman–Crippen LogP) is 3.75. The van der Waals surface area contributed by atoms with Crippen molar-refractivity contribution in [2.75, 3.05) is 0 Å². The lowest BCUT2D eigenvalue weighted by Gasteiger charge is -2.06. The molecule has 0 aromatic carbocycles. The minimum atomic E-state index is 0.201. The quantitative estimate of drug-likeness (QED) is 0.327. The summed E-state index contributed by atoms with van der Waals surface area (Å²) in [7, 11) is 0. The van der Waals surface area contributed by atoms with E-state index < -0.39 is 0 Å². The van der Waals surface area contributed by atoms with Gasteiger partial charge in [0.1, 0.15) is 0 Å². The van der Waals surface area contributed by atoms with E-state index >= 15 is 0 Å². The van der Waals surface area contributed by atoms with Crippen LogP contribution < -0.4 is 0 Å². The van der Waals surface area contributed by atoms with Gasteiger partial charge in [-0.1, -0.05) is 38.3 Å². The van der Waals surface area contributed by atoms with Gasteiger partial charge in [0.25, 0.3) is 0 Å². The summed E-state index contributed by atoms with van der Waals surface area (Å²) in [5.74, 6) is 0. The van der Waals surface area contributed by atoms with E-state index in [-0.39, 0.29) is 5.38 Å². The zero-order valence-corrected chi connectivity index (χ0v) is 7.75. The van der Waals surface area contributed by atoms with Crippen LogP contribution in [0.2, 0.25) is 0 Å². The van der Waals surface area contributed by atoms with Crippen molar-refractivity contribution in [2.24, 2.45) is 0 Å². The van der Waals surface area contributed by atoms with Gasteiger partial charge in [-0.25, -0.2) is 0 Å². The molecule has 0 fully saturated rings. The van der Waals surface area contributed by atoms with Gasteiger partial charge < -0.3 is 0 Å². The van der Waals surface area contributed by atoms with Gasteiger partial charge in [0.15, 0.2) is 0 Å². The van der Waals surface area contributed by atoms with Crippen LogP contribution in [0.15, 0.2) is 12.2 Å². The Hall–Kier alpha value is 0.0300. The standard InChI is InChI=1S/C9H17Cl/c1-4-5-6-7-9(10)8(2)3/h9H,2,4-7H2,1,3H3. The van der Waals surface area contributed by atoms with Gasteiger partial charge in [-0.2, -0.15) is 0 Å². The predicted molar refractivity (Wildman–Crippen MR) is 48.6 cm³/mol. The average molecular weight is 161 g/mol. The molecule has 0 radical (unpaired) electrons. The SMILES string of the molecule is C=C(C)C(Cl)CCCCC. The lowest BCUT2D eigenvalue weighted by molar-refractivity contribution is 0.669. The number of halogens is 1. The van der Waals surface area contributed by atoms with Crippen molar-refractivity contribution < 1.29 is 0 Å². The van der Waals surface area contributed by atoms with Crippen LogP contribution in [-0.2, 0) is 0 Å². The fourth-order valence-corrected chi connectivity index (χ4v) is 0.974. The summed E-state index contributed by atoms with van der Waals surface area (Å²) in [4.78, 5) is 0. The molecule has 0 saturated carbocycles. The molecule has 0 nitrogen and oxygen atoms in total. The van der Waals surface area contributed by atoms with Crippen LogP contribution in [-0.4, -0.2) is 5.38 Å². The number of hydrogen-bond donors (Lipinski definition) is 0. The van der Waals surface area contributed by atoms with Crippen molar-refractivity contribution >= 4 is 11.6 Å². The molecule has 0 bridgehead atoms. The molecule has 0 aliphatic carbocycles. The molecule has 0 N–H and O–H groups in total. The third-order valence-electron chi connectivity index (χ3n) is 1.60. The normalized spacial score (nSPS) is 13.1. The second-order valence-corrected chi connectivity index (χ2v) is 3.34. The van der Waals surface area contributed by atoms with E-state index in [2.05, 4.69) is 13.5 Å². The molecule has 0 rings (SSSR count). The zero-order chi connectivity index (χ0) is 7.98. The van der Waals surface area contributed by atoms with Crippen LogP contribution in [0.25, 0.3) is 0 Å². The molecule has 60 valence electrons. The van der Waals surface area contributed by atoms with Crippen LogP contribution in [0.3, 0.4) is 0 Å². The van der Waals surface area contributed by atoms with Crippen molar-refractivity contribution in [2.45, 2.75) is 44.9 Å². The maximum Gasteiger partial charge on any atom is 0.0540 e. The van der Waals surface area contributed by atoms with Gasteiger partial charge in [0.2, 0.25) is 0 Å². The first kappa shape index (κ1) is 10.0. The third-order valence-corrected chi connectivity index (χ3v) is 2.19. The van der Waals surface area contributed by atoms with Gasteiger partial charge >= 0.3 is 0 Å². The second kappa shape index (κ2) is 5.79. The van der Waals surface area contributed by atoms with E-state index in [1.165, 1.54) is 19.3 Å². The van der Waals surface area contributed by atoms with Crippen LogP contribution in [0.5, 0.6) is 0 Å². The number of rotatable bonds is 5.